The van der Waals surface area contributed by atoms with Gasteiger partial charge in [-0.3, -0.25) is 4.79 Å². The molecule has 1 atom stereocenters. The van der Waals surface area contributed by atoms with Gasteiger partial charge >= 0.3 is 0 Å². The van der Waals surface area contributed by atoms with Crippen molar-refractivity contribution >= 4 is 5.78 Å². The number of carbonyl (C=O) groups is 1. The number of hydrogen-bond acceptors (Lipinski definition) is 1. The Balaban J connectivity index is 2.15. The first-order valence-corrected chi connectivity index (χ1v) is 6.61. The Labute approximate surface area is 94.6 Å². The topological polar surface area (TPSA) is 17.1 Å². The third-order valence-corrected chi connectivity index (χ3v) is 3.72. The van der Waals surface area contributed by atoms with E-state index in [1.54, 1.807) is 0 Å². The summed E-state index contributed by atoms with van der Waals surface area (Å²) in [6.45, 7) is 6.58. The molecule has 0 N–H and O–H groups in total. The molecule has 0 aromatic heterocycles. The Morgan fingerprint density at radius 1 is 1.20 bits per heavy atom. The lowest BCUT2D eigenvalue weighted by Gasteiger charge is -2.18. The molecule has 1 heteroatoms. The Bertz CT molecular complexity index is 190. The quantitative estimate of drug-likeness (QED) is 0.642. The fraction of sp³-hybridized carbons (Fsp3) is 0.929. The van der Waals surface area contributed by atoms with Gasteiger partial charge in [-0.15, -0.1) is 0 Å². The number of rotatable bonds is 6. The van der Waals surface area contributed by atoms with Crippen molar-refractivity contribution < 1.29 is 4.79 Å². The maximum atomic E-state index is 11.6. The van der Waals surface area contributed by atoms with Crippen molar-refractivity contribution in [3.63, 3.8) is 0 Å². The zero-order valence-corrected chi connectivity index (χ0v) is 10.6. The molecule has 0 aromatic rings. The van der Waals surface area contributed by atoms with Gasteiger partial charge in [-0.25, -0.2) is 0 Å². The second kappa shape index (κ2) is 6.30. The molecule has 0 spiro atoms. The van der Waals surface area contributed by atoms with Crippen LogP contribution in [-0.2, 0) is 4.79 Å². The van der Waals surface area contributed by atoms with Crippen molar-refractivity contribution in [2.75, 3.05) is 0 Å². The molecule has 0 amide bonds. The lowest BCUT2D eigenvalue weighted by molar-refractivity contribution is -0.120. The molecule has 0 heterocycles. The van der Waals surface area contributed by atoms with E-state index in [0.717, 1.165) is 31.1 Å². The molecular formula is C14H26O. The lowest BCUT2D eigenvalue weighted by Crippen LogP contribution is -2.11. The van der Waals surface area contributed by atoms with Crippen LogP contribution in [0, 0.1) is 17.8 Å². The van der Waals surface area contributed by atoms with Crippen LogP contribution in [0.25, 0.3) is 0 Å². The molecule has 0 aliphatic heterocycles. The molecular weight excluding hydrogens is 184 g/mol. The monoisotopic (exact) mass is 210 g/mol. The molecule has 1 nitrogen and oxygen atoms in total. The Hall–Kier alpha value is -0.330. The van der Waals surface area contributed by atoms with Crippen LogP contribution in [0.5, 0.6) is 0 Å². The second-order valence-corrected chi connectivity index (χ2v) is 5.70. The molecule has 1 unspecified atom stereocenters. The molecule has 15 heavy (non-hydrogen) atoms. The summed E-state index contributed by atoms with van der Waals surface area (Å²) in [4.78, 5) is 11.6. The van der Waals surface area contributed by atoms with Crippen LogP contribution < -0.4 is 0 Å². The van der Waals surface area contributed by atoms with E-state index in [-0.39, 0.29) is 0 Å². The van der Waals surface area contributed by atoms with E-state index in [1.165, 1.54) is 25.7 Å². The predicted molar refractivity (Wildman–Crippen MR) is 64.8 cm³/mol. The van der Waals surface area contributed by atoms with Gasteiger partial charge in [-0.2, -0.15) is 0 Å². The van der Waals surface area contributed by atoms with Crippen LogP contribution in [0.15, 0.2) is 0 Å². The third kappa shape index (κ3) is 4.81. The molecule has 1 aliphatic carbocycles. The van der Waals surface area contributed by atoms with Crippen molar-refractivity contribution in [1.29, 1.82) is 0 Å². The smallest absolute Gasteiger partial charge is 0.133 e. The fourth-order valence-corrected chi connectivity index (χ4v) is 2.71. The fourth-order valence-electron chi connectivity index (χ4n) is 2.71. The van der Waals surface area contributed by atoms with Gasteiger partial charge in [0, 0.05) is 12.8 Å². The average molecular weight is 210 g/mol. The summed E-state index contributed by atoms with van der Waals surface area (Å²) < 4.78 is 0. The third-order valence-electron chi connectivity index (χ3n) is 3.72. The minimum atomic E-state index is 0.467. The minimum Gasteiger partial charge on any atom is -0.300 e. The maximum absolute atomic E-state index is 11.6. The molecule has 0 bridgehead atoms. The van der Waals surface area contributed by atoms with Gasteiger partial charge in [0.05, 0.1) is 0 Å². The van der Waals surface area contributed by atoms with E-state index in [4.69, 9.17) is 0 Å². The molecule has 1 rings (SSSR count). The van der Waals surface area contributed by atoms with Crippen LogP contribution in [-0.4, -0.2) is 5.78 Å². The highest BCUT2D eigenvalue weighted by molar-refractivity contribution is 5.78. The summed E-state index contributed by atoms with van der Waals surface area (Å²) in [5.74, 6) is 2.68. The number of ketones is 1. The van der Waals surface area contributed by atoms with Crippen LogP contribution in [0.3, 0.4) is 0 Å². The highest BCUT2D eigenvalue weighted by atomic mass is 16.1. The molecule has 88 valence electrons. The second-order valence-electron chi connectivity index (χ2n) is 5.70. The first kappa shape index (κ1) is 12.7. The summed E-state index contributed by atoms with van der Waals surface area (Å²) in [5.41, 5.74) is 0. The van der Waals surface area contributed by atoms with Gasteiger partial charge in [0.25, 0.3) is 0 Å². The summed E-state index contributed by atoms with van der Waals surface area (Å²) in [5, 5.41) is 0. The number of carbonyl (C=O) groups excluding carboxylic acids is 1. The van der Waals surface area contributed by atoms with Gasteiger partial charge in [-0.05, 0) is 24.2 Å². The maximum Gasteiger partial charge on any atom is 0.133 e. The normalized spacial score (nSPS) is 19.7. The highest BCUT2D eigenvalue weighted by Gasteiger charge is 2.21. The van der Waals surface area contributed by atoms with Gasteiger partial charge in [0.15, 0.2) is 0 Å². The first-order valence-electron chi connectivity index (χ1n) is 6.61. The Kier molecular flexibility index (Phi) is 5.35. The van der Waals surface area contributed by atoms with Crippen LogP contribution in [0.1, 0.15) is 65.7 Å². The van der Waals surface area contributed by atoms with E-state index in [1.807, 2.05) is 0 Å². The van der Waals surface area contributed by atoms with E-state index in [0.29, 0.717) is 11.7 Å². The van der Waals surface area contributed by atoms with Crippen molar-refractivity contribution in [3.8, 4) is 0 Å². The number of Topliss-reactive ketones (excluding diaryl/α,β-unsaturated/α-hetero) is 1. The minimum absolute atomic E-state index is 0.467. The first-order chi connectivity index (χ1) is 7.09. The van der Waals surface area contributed by atoms with Crippen molar-refractivity contribution in [2.45, 2.75) is 65.7 Å². The molecule has 1 saturated carbocycles. The van der Waals surface area contributed by atoms with E-state index in [9.17, 15) is 4.79 Å². The van der Waals surface area contributed by atoms with Gasteiger partial charge in [0.2, 0.25) is 0 Å². The molecule has 0 aromatic carbocycles. The predicted octanol–water partition coefficient (Wildman–Crippen LogP) is 4.21. The molecule has 1 fully saturated rings. The molecule has 1 aliphatic rings. The summed E-state index contributed by atoms with van der Waals surface area (Å²) in [6.07, 6.45) is 8.34. The Morgan fingerprint density at radius 3 is 2.33 bits per heavy atom. The highest BCUT2D eigenvalue weighted by Crippen LogP contribution is 2.33. The van der Waals surface area contributed by atoms with E-state index >= 15 is 0 Å². The largest absolute Gasteiger partial charge is 0.300 e. The van der Waals surface area contributed by atoms with Gasteiger partial charge in [0.1, 0.15) is 5.78 Å². The average Bonchev–Trinajstić information content (AvgIpc) is 2.65. The standard InChI is InChI=1S/C14H26O/c1-11(2)10-14(15)9-8-12(3)13-6-4-5-7-13/h11-13H,4-10H2,1-3H3. The van der Waals surface area contributed by atoms with E-state index < -0.39 is 0 Å². The van der Waals surface area contributed by atoms with Gasteiger partial charge in [-0.1, -0.05) is 46.5 Å². The SMILES string of the molecule is CC(C)CC(=O)CCC(C)C1CCCC1. The zero-order valence-electron chi connectivity index (χ0n) is 10.6. The molecule has 0 saturated heterocycles. The van der Waals surface area contributed by atoms with Crippen LogP contribution in [0.4, 0.5) is 0 Å². The summed E-state index contributed by atoms with van der Waals surface area (Å²) >= 11 is 0. The number of hydrogen-bond donors (Lipinski definition) is 0. The lowest BCUT2D eigenvalue weighted by atomic mass is 9.87. The van der Waals surface area contributed by atoms with Crippen molar-refractivity contribution in [1.82, 2.24) is 0 Å². The van der Waals surface area contributed by atoms with Gasteiger partial charge < -0.3 is 0 Å². The van der Waals surface area contributed by atoms with Crippen LogP contribution >= 0.6 is 0 Å². The summed E-state index contributed by atoms with van der Waals surface area (Å²) in [6, 6.07) is 0. The van der Waals surface area contributed by atoms with E-state index in [2.05, 4.69) is 20.8 Å². The van der Waals surface area contributed by atoms with Crippen molar-refractivity contribution in [2.24, 2.45) is 17.8 Å². The zero-order chi connectivity index (χ0) is 11.3. The van der Waals surface area contributed by atoms with Crippen molar-refractivity contribution in [3.05, 3.63) is 0 Å². The Morgan fingerprint density at radius 2 is 1.80 bits per heavy atom. The van der Waals surface area contributed by atoms with Crippen LogP contribution in [0.2, 0.25) is 0 Å². The summed E-state index contributed by atoms with van der Waals surface area (Å²) in [7, 11) is 0. The molecule has 0 radical (unpaired) electrons.